The zero-order chi connectivity index (χ0) is 13.3. The first-order valence-electron chi connectivity index (χ1n) is 5.48. The van der Waals surface area contributed by atoms with Gasteiger partial charge in [0.05, 0.1) is 12.7 Å². The minimum absolute atomic E-state index is 0.180. The molecule has 2 rings (SSSR count). The predicted octanol–water partition coefficient (Wildman–Crippen LogP) is 3.90. The summed E-state index contributed by atoms with van der Waals surface area (Å²) in [5.74, 6) is 1.40. The van der Waals surface area contributed by atoms with Crippen molar-refractivity contribution in [3.8, 4) is 5.75 Å². The fourth-order valence-corrected chi connectivity index (χ4v) is 2.03. The Balaban J connectivity index is 2.50. The van der Waals surface area contributed by atoms with Gasteiger partial charge in [-0.05, 0) is 43.7 Å². The molecule has 0 aliphatic carbocycles. The van der Waals surface area contributed by atoms with Crippen LogP contribution in [0.1, 0.15) is 27.4 Å². The first-order chi connectivity index (χ1) is 8.52. The average Bonchev–Trinajstić information content (AvgIpc) is 2.78. The van der Waals surface area contributed by atoms with Gasteiger partial charge in [0.15, 0.2) is 5.76 Å². The highest BCUT2D eigenvalue weighted by atomic mass is 79.9. The second-order valence-corrected chi connectivity index (χ2v) is 4.90. The molecule has 0 fully saturated rings. The third kappa shape index (κ3) is 2.34. The highest BCUT2D eigenvalue weighted by Gasteiger charge is 2.18. The normalized spacial score (nSPS) is 10.4. The number of ether oxygens (including phenoxy) is 1. The molecule has 0 radical (unpaired) electrons. The molecule has 0 saturated carbocycles. The predicted molar refractivity (Wildman–Crippen MR) is 72.3 cm³/mol. The van der Waals surface area contributed by atoms with Crippen LogP contribution in [0.4, 0.5) is 0 Å². The molecule has 0 aliphatic rings. The van der Waals surface area contributed by atoms with Crippen LogP contribution in [0.2, 0.25) is 0 Å². The second kappa shape index (κ2) is 4.98. The molecule has 0 N–H and O–H groups in total. The van der Waals surface area contributed by atoms with E-state index in [2.05, 4.69) is 15.9 Å². The molecular weight excluding hydrogens is 296 g/mol. The summed E-state index contributed by atoms with van der Waals surface area (Å²) in [5, 5.41) is 0. The number of hydrogen-bond donors (Lipinski definition) is 0. The van der Waals surface area contributed by atoms with Gasteiger partial charge in [-0.3, -0.25) is 4.79 Å². The fourth-order valence-electron chi connectivity index (χ4n) is 1.69. The summed E-state index contributed by atoms with van der Waals surface area (Å²) in [5.41, 5.74) is 1.50. The Morgan fingerprint density at radius 2 is 2.00 bits per heavy atom. The zero-order valence-electron chi connectivity index (χ0n) is 10.4. The van der Waals surface area contributed by atoms with Crippen molar-refractivity contribution < 1.29 is 13.9 Å². The van der Waals surface area contributed by atoms with Crippen LogP contribution in [0.25, 0.3) is 0 Å². The zero-order valence-corrected chi connectivity index (χ0v) is 12.0. The number of furan rings is 1. The van der Waals surface area contributed by atoms with Crippen LogP contribution in [-0.2, 0) is 0 Å². The Labute approximate surface area is 114 Å². The summed E-state index contributed by atoms with van der Waals surface area (Å²) in [7, 11) is 1.55. The monoisotopic (exact) mass is 308 g/mol. The number of carbonyl (C=O) groups is 1. The summed E-state index contributed by atoms with van der Waals surface area (Å²) in [6, 6.07) is 7.02. The Kier molecular flexibility index (Phi) is 3.57. The number of benzene rings is 1. The molecule has 2 aromatic rings. The molecule has 18 heavy (non-hydrogen) atoms. The molecular formula is C14H13BrO3. The summed E-state index contributed by atoms with van der Waals surface area (Å²) >= 11 is 3.42. The van der Waals surface area contributed by atoms with E-state index in [-0.39, 0.29) is 5.78 Å². The molecule has 0 atom stereocenters. The van der Waals surface area contributed by atoms with Crippen molar-refractivity contribution in [3.63, 3.8) is 0 Å². The van der Waals surface area contributed by atoms with E-state index in [1.807, 2.05) is 13.0 Å². The number of ketones is 1. The van der Waals surface area contributed by atoms with Crippen LogP contribution in [0.5, 0.6) is 5.75 Å². The van der Waals surface area contributed by atoms with E-state index >= 15 is 0 Å². The first kappa shape index (κ1) is 12.9. The van der Waals surface area contributed by atoms with E-state index in [1.54, 1.807) is 32.2 Å². The summed E-state index contributed by atoms with van der Waals surface area (Å²) in [6.07, 6.45) is 0. The van der Waals surface area contributed by atoms with Gasteiger partial charge in [-0.2, -0.15) is 0 Å². The number of aryl methyl sites for hydroxylation is 2. The third-order valence-corrected chi connectivity index (χ3v) is 3.54. The van der Waals surface area contributed by atoms with Crippen LogP contribution in [0.15, 0.2) is 33.2 Å². The number of methoxy groups -OCH3 is 1. The number of hydrogen-bond acceptors (Lipinski definition) is 3. The molecule has 94 valence electrons. The van der Waals surface area contributed by atoms with E-state index in [1.165, 1.54) is 0 Å². The number of halogens is 1. The highest BCUT2D eigenvalue weighted by molar-refractivity contribution is 9.10. The van der Waals surface area contributed by atoms with Gasteiger partial charge < -0.3 is 9.15 Å². The number of rotatable bonds is 3. The molecule has 1 heterocycles. The van der Waals surface area contributed by atoms with Crippen LogP contribution >= 0.6 is 15.9 Å². The lowest BCUT2D eigenvalue weighted by molar-refractivity contribution is 0.100. The molecule has 1 aromatic carbocycles. The maximum absolute atomic E-state index is 12.3. The van der Waals surface area contributed by atoms with Crippen molar-refractivity contribution in [2.45, 2.75) is 13.8 Å². The molecule has 4 heteroatoms. The van der Waals surface area contributed by atoms with E-state index in [0.29, 0.717) is 22.8 Å². The molecule has 0 saturated heterocycles. The second-order valence-electron chi connectivity index (χ2n) is 4.04. The van der Waals surface area contributed by atoms with E-state index in [9.17, 15) is 4.79 Å². The summed E-state index contributed by atoms with van der Waals surface area (Å²) < 4.78 is 11.5. The van der Waals surface area contributed by atoms with Crippen LogP contribution in [-0.4, -0.2) is 12.9 Å². The van der Waals surface area contributed by atoms with Gasteiger partial charge in [0.25, 0.3) is 0 Å². The van der Waals surface area contributed by atoms with Crippen molar-refractivity contribution in [3.05, 3.63) is 51.4 Å². The van der Waals surface area contributed by atoms with Gasteiger partial charge in [0.1, 0.15) is 11.5 Å². The lowest BCUT2D eigenvalue weighted by Crippen LogP contribution is -2.03. The Morgan fingerprint density at radius 3 is 2.56 bits per heavy atom. The minimum Gasteiger partial charge on any atom is -0.496 e. The van der Waals surface area contributed by atoms with Gasteiger partial charge in [-0.15, -0.1) is 0 Å². The highest BCUT2D eigenvalue weighted by Crippen LogP contribution is 2.29. The lowest BCUT2D eigenvalue weighted by Gasteiger charge is -2.09. The lowest BCUT2D eigenvalue weighted by atomic mass is 10.1. The van der Waals surface area contributed by atoms with Crippen molar-refractivity contribution in [2.75, 3.05) is 7.11 Å². The topological polar surface area (TPSA) is 39.4 Å². The standard InChI is InChI=1S/C14H13BrO3/c1-8-6-13(17-3)10(7-11(8)15)14(16)12-5-4-9(2)18-12/h4-7H,1-3H3. The van der Waals surface area contributed by atoms with Crippen molar-refractivity contribution in [1.82, 2.24) is 0 Å². The Bertz CT molecular complexity index is 599. The SMILES string of the molecule is COc1cc(C)c(Br)cc1C(=O)c1ccc(C)o1. The molecule has 0 amide bonds. The Morgan fingerprint density at radius 1 is 1.28 bits per heavy atom. The van der Waals surface area contributed by atoms with Gasteiger partial charge in [-0.25, -0.2) is 0 Å². The van der Waals surface area contributed by atoms with Gasteiger partial charge in [0.2, 0.25) is 5.78 Å². The van der Waals surface area contributed by atoms with Gasteiger partial charge >= 0.3 is 0 Å². The Hall–Kier alpha value is -1.55. The largest absolute Gasteiger partial charge is 0.496 e. The van der Waals surface area contributed by atoms with Gasteiger partial charge in [-0.1, -0.05) is 15.9 Å². The van der Waals surface area contributed by atoms with Crippen molar-refractivity contribution >= 4 is 21.7 Å². The van der Waals surface area contributed by atoms with Crippen molar-refractivity contribution in [2.24, 2.45) is 0 Å². The maximum Gasteiger partial charge on any atom is 0.231 e. The van der Waals surface area contributed by atoms with Gasteiger partial charge in [0, 0.05) is 4.47 Å². The molecule has 0 spiro atoms. The maximum atomic E-state index is 12.3. The van der Waals surface area contributed by atoms with E-state index < -0.39 is 0 Å². The van der Waals surface area contributed by atoms with Crippen LogP contribution < -0.4 is 4.74 Å². The van der Waals surface area contributed by atoms with Crippen molar-refractivity contribution in [1.29, 1.82) is 0 Å². The third-order valence-electron chi connectivity index (χ3n) is 2.69. The fraction of sp³-hybridized carbons (Fsp3) is 0.214. The smallest absolute Gasteiger partial charge is 0.231 e. The van der Waals surface area contributed by atoms with Crippen LogP contribution in [0.3, 0.4) is 0 Å². The molecule has 1 aromatic heterocycles. The van der Waals surface area contributed by atoms with Crippen LogP contribution in [0, 0.1) is 13.8 Å². The summed E-state index contributed by atoms with van der Waals surface area (Å²) in [4.78, 5) is 12.3. The molecule has 0 unspecified atom stereocenters. The molecule has 3 nitrogen and oxygen atoms in total. The van der Waals surface area contributed by atoms with E-state index in [4.69, 9.17) is 9.15 Å². The summed E-state index contributed by atoms with van der Waals surface area (Å²) in [6.45, 7) is 3.75. The average molecular weight is 309 g/mol. The molecule has 0 aliphatic heterocycles. The first-order valence-corrected chi connectivity index (χ1v) is 6.27. The molecule has 0 bridgehead atoms. The quantitative estimate of drug-likeness (QED) is 0.807. The van der Waals surface area contributed by atoms with E-state index in [0.717, 1.165) is 10.0 Å². The number of carbonyl (C=O) groups excluding carboxylic acids is 1. The minimum atomic E-state index is -0.180.